The molecule has 138 valence electrons. The molecule has 3 N–H and O–H groups in total. The lowest BCUT2D eigenvalue weighted by molar-refractivity contribution is -0.137. The lowest BCUT2D eigenvalue weighted by Crippen LogP contribution is -2.30. The summed E-state index contributed by atoms with van der Waals surface area (Å²) in [6.07, 6.45) is -0.265. The lowest BCUT2D eigenvalue weighted by Gasteiger charge is -2.17. The Morgan fingerprint density at radius 2 is 1.85 bits per heavy atom. The van der Waals surface area contributed by atoms with Gasteiger partial charge in [0.25, 0.3) is 11.5 Å². The first-order valence-electron chi connectivity index (χ1n) is 8.41. The fourth-order valence-electron chi connectivity index (χ4n) is 2.83. The number of aryl methyl sites for hydroxylation is 1. The molecule has 0 aliphatic rings. The van der Waals surface area contributed by atoms with E-state index in [9.17, 15) is 19.5 Å². The van der Waals surface area contributed by atoms with E-state index in [0.29, 0.717) is 11.3 Å². The quantitative estimate of drug-likeness (QED) is 0.624. The largest absolute Gasteiger partial charge is 0.481 e. The van der Waals surface area contributed by atoms with Gasteiger partial charge in [-0.15, -0.1) is 0 Å². The minimum Gasteiger partial charge on any atom is -0.481 e. The van der Waals surface area contributed by atoms with Crippen LogP contribution in [0.15, 0.2) is 65.5 Å². The Hall–Kier alpha value is -3.61. The van der Waals surface area contributed by atoms with Gasteiger partial charge in [-0.05, 0) is 24.6 Å². The molecule has 0 radical (unpaired) electrons. The monoisotopic (exact) mass is 365 g/mol. The summed E-state index contributed by atoms with van der Waals surface area (Å²) in [6, 6.07) is 16.6. The Morgan fingerprint density at radius 1 is 1.11 bits per heavy atom. The first-order valence-corrected chi connectivity index (χ1v) is 8.41. The second-order valence-electron chi connectivity index (χ2n) is 6.22. The molecule has 3 aromatic rings. The van der Waals surface area contributed by atoms with Crippen LogP contribution in [0.3, 0.4) is 0 Å². The molecular weight excluding hydrogens is 346 g/mol. The average molecular weight is 365 g/mol. The van der Waals surface area contributed by atoms with E-state index in [2.05, 4.69) is 10.4 Å². The first kappa shape index (κ1) is 18.2. The van der Waals surface area contributed by atoms with Crippen LogP contribution in [-0.4, -0.2) is 26.8 Å². The van der Waals surface area contributed by atoms with Crippen molar-refractivity contribution in [2.24, 2.45) is 0 Å². The molecular formula is C20H19N3O4. The third-order valence-corrected chi connectivity index (χ3v) is 4.11. The van der Waals surface area contributed by atoms with Gasteiger partial charge in [-0.2, -0.15) is 0 Å². The normalized spacial score (nSPS) is 11.7. The van der Waals surface area contributed by atoms with Crippen LogP contribution >= 0.6 is 0 Å². The van der Waals surface area contributed by atoms with Gasteiger partial charge in [-0.1, -0.05) is 48.0 Å². The van der Waals surface area contributed by atoms with E-state index in [1.165, 1.54) is 10.7 Å². The molecule has 1 heterocycles. The van der Waals surface area contributed by atoms with E-state index < -0.39 is 17.9 Å². The molecule has 0 saturated carbocycles. The highest BCUT2D eigenvalue weighted by Crippen LogP contribution is 2.19. The highest BCUT2D eigenvalue weighted by Gasteiger charge is 2.21. The van der Waals surface area contributed by atoms with Crippen molar-refractivity contribution >= 4 is 11.9 Å². The summed E-state index contributed by atoms with van der Waals surface area (Å²) in [5, 5.41) is 14.6. The number of carboxylic acid groups (broad SMARTS) is 1. The minimum atomic E-state index is -1.03. The number of H-pyrrole nitrogens is 1. The molecule has 2 aromatic carbocycles. The Kier molecular flexibility index (Phi) is 5.21. The van der Waals surface area contributed by atoms with Crippen LogP contribution in [0.1, 0.15) is 34.1 Å². The zero-order valence-electron chi connectivity index (χ0n) is 14.7. The summed E-state index contributed by atoms with van der Waals surface area (Å²) in [5.41, 5.74) is 1.93. The zero-order chi connectivity index (χ0) is 19.4. The van der Waals surface area contributed by atoms with Gasteiger partial charge in [0.2, 0.25) is 0 Å². The van der Waals surface area contributed by atoms with Crippen molar-refractivity contribution in [2.45, 2.75) is 19.4 Å². The molecule has 27 heavy (non-hydrogen) atoms. The number of carbonyl (C=O) groups is 2. The molecule has 7 heteroatoms. The molecule has 1 amide bonds. The van der Waals surface area contributed by atoms with Crippen LogP contribution in [0.2, 0.25) is 0 Å². The third kappa shape index (κ3) is 4.33. The zero-order valence-corrected chi connectivity index (χ0v) is 14.7. The number of carboxylic acids is 1. The summed E-state index contributed by atoms with van der Waals surface area (Å²) in [4.78, 5) is 36.0. The van der Waals surface area contributed by atoms with E-state index in [4.69, 9.17) is 0 Å². The standard InChI is InChI=1S/C20H19N3O4/c1-13-6-5-7-14(10-13)16(12-19(25)26)21-20(27)17-11-18(24)23(22-17)15-8-3-2-4-9-15/h2-11,16,22H,12H2,1H3,(H,21,27)(H,25,26). The summed E-state index contributed by atoms with van der Waals surface area (Å²) in [5.74, 6) is -1.58. The summed E-state index contributed by atoms with van der Waals surface area (Å²) < 4.78 is 1.26. The maximum absolute atomic E-state index is 12.6. The van der Waals surface area contributed by atoms with Crippen molar-refractivity contribution in [2.75, 3.05) is 0 Å². The van der Waals surface area contributed by atoms with Gasteiger partial charge in [0.15, 0.2) is 0 Å². The maximum Gasteiger partial charge on any atom is 0.305 e. The van der Waals surface area contributed by atoms with Gasteiger partial charge >= 0.3 is 5.97 Å². The number of carbonyl (C=O) groups excluding carboxylic acids is 1. The van der Waals surface area contributed by atoms with Crippen LogP contribution in [0.5, 0.6) is 0 Å². The number of nitrogens with one attached hydrogen (secondary N) is 2. The number of hydrogen-bond donors (Lipinski definition) is 3. The number of para-hydroxylation sites is 1. The smallest absolute Gasteiger partial charge is 0.305 e. The van der Waals surface area contributed by atoms with Gasteiger partial charge in [-0.3, -0.25) is 19.5 Å². The van der Waals surface area contributed by atoms with Gasteiger partial charge in [0.1, 0.15) is 5.69 Å². The SMILES string of the molecule is Cc1cccc(C(CC(=O)O)NC(=O)c2cc(=O)n(-c3ccccc3)[nH]2)c1. The van der Waals surface area contributed by atoms with Crippen LogP contribution in [0.25, 0.3) is 5.69 Å². The van der Waals surface area contributed by atoms with Crippen molar-refractivity contribution in [1.29, 1.82) is 0 Å². The maximum atomic E-state index is 12.6. The number of aromatic amines is 1. The molecule has 0 spiro atoms. The number of benzene rings is 2. The molecule has 0 saturated heterocycles. The van der Waals surface area contributed by atoms with E-state index in [1.807, 2.05) is 25.1 Å². The van der Waals surface area contributed by atoms with Gasteiger partial charge in [-0.25, -0.2) is 4.68 Å². The number of amides is 1. The lowest BCUT2D eigenvalue weighted by atomic mass is 10.0. The molecule has 0 fully saturated rings. The Bertz CT molecular complexity index is 1020. The summed E-state index contributed by atoms with van der Waals surface area (Å²) >= 11 is 0. The molecule has 0 aliphatic heterocycles. The number of aliphatic carboxylic acids is 1. The van der Waals surface area contributed by atoms with Crippen molar-refractivity contribution in [3.05, 3.63) is 87.8 Å². The summed E-state index contributed by atoms with van der Waals surface area (Å²) in [7, 11) is 0. The van der Waals surface area contributed by atoms with Crippen molar-refractivity contribution < 1.29 is 14.7 Å². The van der Waals surface area contributed by atoms with Gasteiger partial charge in [0.05, 0.1) is 18.2 Å². The molecule has 1 unspecified atom stereocenters. The van der Waals surface area contributed by atoms with Crippen LogP contribution in [0, 0.1) is 6.92 Å². The van der Waals surface area contributed by atoms with Crippen LogP contribution < -0.4 is 10.9 Å². The second kappa shape index (κ2) is 7.74. The Labute approximate surface area is 155 Å². The second-order valence-corrected chi connectivity index (χ2v) is 6.22. The molecule has 7 nitrogen and oxygen atoms in total. The summed E-state index contributed by atoms with van der Waals surface area (Å²) in [6.45, 7) is 1.89. The number of aromatic nitrogens is 2. The van der Waals surface area contributed by atoms with Crippen molar-refractivity contribution in [3.63, 3.8) is 0 Å². The highest BCUT2D eigenvalue weighted by molar-refractivity contribution is 5.92. The topological polar surface area (TPSA) is 104 Å². The van der Waals surface area contributed by atoms with Crippen LogP contribution in [0.4, 0.5) is 0 Å². The third-order valence-electron chi connectivity index (χ3n) is 4.11. The van der Waals surface area contributed by atoms with Crippen molar-refractivity contribution in [3.8, 4) is 5.69 Å². The highest BCUT2D eigenvalue weighted by atomic mass is 16.4. The fourth-order valence-corrected chi connectivity index (χ4v) is 2.83. The molecule has 1 aromatic heterocycles. The molecule has 0 aliphatic carbocycles. The molecule has 1 atom stereocenters. The average Bonchev–Trinajstić information content (AvgIpc) is 3.03. The van der Waals surface area contributed by atoms with E-state index >= 15 is 0 Å². The van der Waals surface area contributed by atoms with Gasteiger partial charge in [0, 0.05) is 6.07 Å². The van der Waals surface area contributed by atoms with E-state index in [1.54, 1.807) is 36.4 Å². The first-order chi connectivity index (χ1) is 12.9. The predicted octanol–water partition coefficient (Wildman–Crippen LogP) is 2.42. The minimum absolute atomic E-state index is 0.0619. The Morgan fingerprint density at radius 3 is 2.52 bits per heavy atom. The number of hydrogen-bond acceptors (Lipinski definition) is 3. The number of rotatable bonds is 6. The fraction of sp³-hybridized carbons (Fsp3) is 0.150. The predicted molar refractivity (Wildman–Crippen MR) is 100 cm³/mol. The molecule has 3 rings (SSSR count). The van der Waals surface area contributed by atoms with Crippen molar-refractivity contribution in [1.82, 2.24) is 15.1 Å². The number of nitrogens with zero attached hydrogens (tertiary/aromatic N) is 1. The molecule has 0 bridgehead atoms. The Balaban J connectivity index is 1.86. The van der Waals surface area contributed by atoms with Crippen LogP contribution in [-0.2, 0) is 4.79 Å². The van der Waals surface area contributed by atoms with E-state index in [-0.39, 0.29) is 17.7 Å². The van der Waals surface area contributed by atoms with Gasteiger partial charge < -0.3 is 10.4 Å². The van der Waals surface area contributed by atoms with E-state index in [0.717, 1.165) is 5.56 Å².